The molecule has 0 spiro atoms. The summed E-state index contributed by atoms with van der Waals surface area (Å²) in [5.74, 6) is -0.0599. The molecule has 0 saturated carbocycles. The molecule has 22 heavy (non-hydrogen) atoms. The second-order valence-corrected chi connectivity index (χ2v) is 5.85. The highest BCUT2D eigenvalue weighted by Crippen LogP contribution is 2.26. The summed E-state index contributed by atoms with van der Waals surface area (Å²) in [5.41, 5.74) is 0.591. The van der Waals surface area contributed by atoms with Crippen LogP contribution in [0.3, 0.4) is 0 Å². The molecule has 0 bridgehead atoms. The molecular formula is C15H14N4O2S. The number of pyridine rings is 1. The van der Waals surface area contributed by atoms with E-state index in [-0.39, 0.29) is 16.9 Å². The molecule has 7 heteroatoms. The largest absolute Gasteiger partial charge is 0.506 e. The molecule has 0 amide bonds. The predicted octanol–water partition coefficient (Wildman–Crippen LogP) is 2.64. The molecule has 2 heterocycles. The fourth-order valence-electron chi connectivity index (χ4n) is 2.30. The first-order valence-electron chi connectivity index (χ1n) is 6.80. The van der Waals surface area contributed by atoms with Crippen molar-refractivity contribution in [3.63, 3.8) is 0 Å². The molecule has 3 aromatic rings. The first-order valence-corrected chi connectivity index (χ1v) is 7.62. The van der Waals surface area contributed by atoms with Gasteiger partial charge in [0.05, 0.1) is 5.52 Å². The predicted molar refractivity (Wildman–Crippen MR) is 87.4 cm³/mol. The molecule has 1 aromatic carbocycles. The van der Waals surface area contributed by atoms with Crippen molar-refractivity contribution in [2.75, 3.05) is 0 Å². The van der Waals surface area contributed by atoms with Crippen molar-refractivity contribution in [1.29, 1.82) is 0 Å². The zero-order chi connectivity index (χ0) is 15.7. The van der Waals surface area contributed by atoms with E-state index >= 15 is 0 Å². The highest BCUT2D eigenvalue weighted by atomic mass is 32.1. The lowest BCUT2D eigenvalue weighted by Gasteiger charge is -2.11. The Morgan fingerprint density at radius 3 is 2.82 bits per heavy atom. The van der Waals surface area contributed by atoms with Crippen LogP contribution >= 0.6 is 11.3 Å². The van der Waals surface area contributed by atoms with Gasteiger partial charge in [-0.2, -0.15) is 0 Å². The SMILES string of the molecule is CCn1c(=O)c(/C=N/c2nnc(C)s2)c(O)c2ccccc21. The Labute approximate surface area is 130 Å². The molecule has 0 aliphatic heterocycles. The van der Waals surface area contributed by atoms with Gasteiger partial charge in [0, 0.05) is 18.1 Å². The van der Waals surface area contributed by atoms with Crippen molar-refractivity contribution in [2.45, 2.75) is 20.4 Å². The molecule has 0 saturated heterocycles. The van der Waals surface area contributed by atoms with E-state index in [1.165, 1.54) is 17.6 Å². The molecule has 0 fully saturated rings. The molecule has 2 aromatic heterocycles. The molecule has 6 nitrogen and oxygen atoms in total. The van der Waals surface area contributed by atoms with Gasteiger partial charge in [0.1, 0.15) is 16.3 Å². The maximum atomic E-state index is 12.5. The molecule has 0 unspecified atom stereocenters. The molecule has 3 rings (SSSR count). The van der Waals surface area contributed by atoms with Gasteiger partial charge < -0.3 is 9.67 Å². The van der Waals surface area contributed by atoms with E-state index in [1.54, 1.807) is 10.6 Å². The van der Waals surface area contributed by atoms with Gasteiger partial charge in [-0.15, -0.1) is 10.2 Å². The van der Waals surface area contributed by atoms with Crippen LogP contribution in [0.5, 0.6) is 5.75 Å². The van der Waals surface area contributed by atoms with Crippen molar-refractivity contribution in [2.24, 2.45) is 4.99 Å². The minimum atomic E-state index is -0.274. The second-order valence-electron chi connectivity index (χ2n) is 4.69. The first kappa shape index (κ1) is 14.4. The van der Waals surface area contributed by atoms with Crippen molar-refractivity contribution >= 4 is 33.6 Å². The average Bonchev–Trinajstić information content (AvgIpc) is 2.93. The first-order chi connectivity index (χ1) is 10.6. The Bertz CT molecular complexity index is 927. The summed E-state index contributed by atoms with van der Waals surface area (Å²) < 4.78 is 1.61. The van der Waals surface area contributed by atoms with E-state index in [1.807, 2.05) is 32.0 Å². The van der Waals surface area contributed by atoms with Gasteiger partial charge in [0.25, 0.3) is 5.56 Å². The van der Waals surface area contributed by atoms with Crippen molar-refractivity contribution in [3.05, 3.63) is 45.2 Å². The number of para-hydroxylation sites is 1. The minimum absolute atomic E-state index is 0.0599. The van der Waals surface area contributed by atoms with Crippen LogP contribution in [0.15, 0.2) is 34.1 Å². The summed E-state index contributed by atoms with van der Waals surface area (Å²) in [6, 6.07) is 7.25. The summed E-state index contributed by atoms with van der Waals surface area (Å²) in [6.07, 6.45) is 1.36. The number of aryl methyl sites for hydroxylation is 2. The van der Waals surface area contributed by atoms with E-state index in [2.05, 4.69) is 15.2 Å². The molecule has 0 atom stereocenters. The van der Waals surface area contributed by atoms with Crippen LogP contribution in [-0.2, 0) is 6.54 Å². The Hall–Kier alpha value is -2.54. The van der Waals surface area contributed by atoms with E-state index < -0.39 is 0 Å². The van der Waals surface area contributed by atoms with Gasteiger partial charge in [-0.1, -0.05) is 23.5 Å². The number of hydrogen-bond acceptors (Lipinski definition) is 6. The van der Waals surface area contributed by atoms with Crippen molar-refractivity contribution < 1.29 is 5.11 Å². The maximum absolute atomic E-state index is 12.5. The zero-order valence-corrected chi connectivity index (χ0v) is 13.0. The lowest BCUT2D eigenvalue weighted by molar-refractivity contribution is 0.478. The molecule has 112 valence electrons. The number of nitrogens with zero attached hydrogens (tertiary/aromatic N) is 4. The third kappa shape index (κ3) is 2.39. The van der Waals surface area contributed by atoms with Crippen LogP contribution in [-0.4, -0.2) is 26.1 Å². The fraction of sp³-hybridized carbons (Fsp3) is 0.200. The normalized spacial score (nSPS) is 11.5. The van der Waals surface area contributed by atoms with E-state index in [0.717, 1.165) is 5.01 Å². The summed E-state index contributed by atoms with van der Waals surface area (Å²) in [6.45, 7) is 4.23. The Morgan fingerprint density at radius 2 is 2.14 bits per heavy atom. The Balaban J connectivity index is 2.21. The minimum Gasteiger partial charge on any atom is -0.506 e. The Kier molecular flexibility index (Phi) is 3.72. The maximum Gasteiger partial charge on any atom is 0.263 e. The lowest BCUT2D eigenvalue weighted by Crippen LogP contribution is -2.23. The van der Waals surface area contributed by atoms with Gasteiger partial charge in [0.15, 0.2) is 0 Å². The van der Waals surface area contributed by atoms with Crippen LogP contribution in [0.1, 0.15) is 17.5 Å². The number of aromatic hydroxyl groups is 1. The standard InChI is InChI=1S/C15H14N4O2S/c1-3-19-12-7-5-4-6-10(12)13(20)11(14(19)21)8-16-15-18-17-9(2)22-15/h4-8,20H,3H2,1-2H3/b16-8+. The highest BCUT2D eigenvalue weighted by molar-refractivity contribution is 7.14. The van der Waals surface area contributed by atoms with Crippen LogP contribution < -0.4 is 5.56 Å². The number of benzene rings is 1. The van der Waals surface area contributed by atoms with Gasteiger partial charge in [0.2, 0.25) is 5.13 Å². The summed E-state index contributed by atoms with van der Waals surface area (Å²) in [4.78, 5) is 16.7. The topological polar surface area (TPSA) is 80.4 Å². The zero-order valence-electron chi connectivity index (χ0n) is 12.1. The third-order valence-electron chi connectivity index (χ3n) is 3.32. The monoisotopic (exact) mass is 314 g/mol. The number of hydrogen-bond donors (Lipinski definition) is 1. The Morgan fingerprint density at radius 1 is 1.36 bits per heavy atom. The van der Waals surface area contributed by atoms with Crippen LogP contribution in [0, 0.1) is 6.92 Å². The molecule has 0 aliphatic carbocycles. The van der Waals surface area contributed by atoms with Crippen LogP contribution in [0.4, 0.5) is 5.13 Å². The van der Waals surface area contributed by atoms with Gasteiger partial charge in [-0.05, 0) is 26.0 Å². The fourth-order valence-corrected chi connectivity index (χ4v) is 2.83. The highest BCUT2D eigenvalue weighted by Gasteiger charge is 2.14. The lowest BCUT2D eigenvalue weighted by atomic mass is 10.1. The van der Waals surface area contributed by atoms with Gasteiger partial charge >= 0.3 is 0 Å². The molecule has 0 radical (unpaired) electrons. The molecule has 0 aliphatic rings. The van der Waals surface area contributed by atoms with E-state index in [4.69, 9.17) is 0 Å². The van der Waals surface area contributed by atoms with Crippen LogP contribution in [0.2, 0.25) is 0 Å². The second kappa shape index (κ2) is 5.69. The quantitative estimate of drug-likeness (QED) is 0.754. The molecule has 1 N–H and O–H groups in total. The number of fused-ring (bicyclic) bond motifs is 1. The molecular weight excluding hydrogens is 300 g/mol. The number of aromatic nitrogens is 3. The van der Waals surface area contributed by atoms with E-state index in [9.17, 15) is 9.90 Å². The van der Waals surface area contributed by atoms with E-state index in [0.29, 0.717) is 22.6 Å². The summed E-state index contributed by atoms with van der Waals surface area (Å²) >= 11 is 1.32. The van der Waals surface area contributed by atoms with Crippen molar-refractivity contribution in [1.82, 2.24) is 14.8 Å². The van der Waals surface area contributed by atoms with Crippen molar-refractivity contribution in [3.8, 4) is 5.75 Å². The average molecular weight is 314 g/mol. The van der Waals surface area contributed by atoms with Gasteiger partial charge in [-0.25, -0.2) is 4.99 Å². The number of rotatable bonds is 3. The smallest absolute Gasteiger partial charge is 0.263 e. The third-order valence-corrected chi connectivity index (χ3v) is 4.06. The summed E-state index contributed by atoms with van der Waals surface area (Å²) in [7, 11) is 0. The van der Waals surface area contributed by atoms with Gasteiger partial charge in [-0.3, -0.25) is 4.79 Å². The van der Waals surface area contributed by atoms with Crippen LogP contribution in [0.25, 0.3) is 10.9 Å². The number of aliphatic imine (C=N–C) groups is 1. The summed E-state index contributed by atoms with van der Waals surface area (Å²) in [5, 5.41) is 20.0.